The second-order valence-corrected chi connectivity index (χ2v) is 6.65. The van der Waals surface area contributed by atoms with Crippen molar-refractivity contribution in [3.05, 3.63) is 29.8 Å². The molecule has 2 aliphatic rings. The minimum absolute atomic E-state index is 0.399. The zero-order valence-electron chi connectivity index (χ0n) is 10.9. The van der Waals surface area contributed by atoms with Gasteiger partial charge in [0, 0.05) is 10.6 Å². The summed E-state index contributed by atoms with van der Waals surface area (Å²) >= 11 is 1.87. The predicted molar refractivity (Wildman–Crippen MR) is 76.7 cm³/mol. The number of carbonyl (C=O) groups is 1. The highest BCUT2D eigenvalue weighted by molar-refractivity contribution is 7.99. The molecule has 1 unspecified atom stereocenters. The first-order chi connectivity index (χ1) is 9.21. The van der Waals surface area contributed by atoms with Crippen LogP contribution in [0.25, 0.3) is 0 Å². The largest absolute Gasteiger partial charge is 0.481 e. The molecule has 1 fully saturated rings. The molecular formula is C15H19NO2S. The molecule has 0 spiro atoms. The van der Waals surface area contributed by atoms with Gasteiger partial charge in [-0.1, -0.05) is 18.2 Å². The van der Waals surface area contributed by atoms with Gasteiger partial charge in [0.1, 0.15) is 0 Å². The number of hydrogen-bond donors (Lipinski definition) is 2. The molecule has 3 nitrogen and oxygen atoms in total. The predicted octanol–water partition coefficient (Wildman–Crippen LogP) is 2.72. The van der Waals surface area contributed by atoms with Gasteiger partial charge in [-0.15, -0.1) is 11.8 Å². The summed E-state index contributed by atoms with van der Waals surface area (Å²) in [4.78, 5) is 13.1. The van der Waals surface area contributed by atoms with Crippen molar-refractivity contribution < 1.29 is 9.90 Å². The lowest BCUT2D eigenvalue weighted by Crippen LogP contribution is -2.43. The first-order valence-corrected chi connectivity index (χ1v) is 7.86. The van der Waals surface area contributed by atoms with Crippen molar-refractivity contribution in [2.24, 2.45) is 5.41 Å². The Morgan fingerprint density at radius 2 is 2.11 bits per heavy atom. The van der Waals surface area contributed by atoms with E-state index in [1.807, 2.05) is 11.8 Å². The number of carboxylic acid groups (broad SMARTS) is 1. The lowest BCUT2D eigenvalue weighted by molar-refractivity contribution is -0.151. The summed E-state index contributed by atoms with van der Waals surface area (Å²) in [5.74, 6) is 0.820. The van der Waals surface area contributed by atoms with Crippen molar-refractivity contribution in [1.82, 2.24) is 5.32 Å². The van der Waals surface area contributed by atoms with Crippen LogP contribution in [0.1, 0.15) is 30.7 Å². The SMILES string of the molecule is O=C(O)C1(CC2CSc3ccccc32)CCNCC1. The summed E-state index contributed by atoms with van der Waals surface area (Å²) in [6.45, 7) is 1.65. The highest BCUT2D eigenvalue weighted by Crippen LogP contribution is 2.47. The molecule has 0 aliphatic carbocycles. The molecular weight excluding hydrogens is 258 g/mol. The van der Waals surface area contributed by atoms with Crippen LogP contribution in [0.5, 0.6) is 0 Å². The van der Waals surface area contributed by atoms with Crippen LogP contribution < -0.4 is 5.32 Å². The molecule has 19 heavy (non-hydrogen) atoms. The van der Waals surface area contributed by atoms with Crippen LogP contribution in [0.3, 0.4) is 0 Å². The van der Waals surface area contributed by atoms with Crippen LogP contribution in [-0.2, 0) is 4.79 Å². The van der Waals surface area contributed by atoms with Gasteiger partial charge in [-0.05, 0) is 49.9 Å². The van der Waals surface area contributed by atoms with Gasteiger partial charge in [0.25, 0.3) is 0 Å². The first-order valence-electron chi connectivity index (χ1n) is 6.87. The Balaban J connectivity index is 1.82. The fourth-order valence-electron chi connectivity index (χ4n) is 3.28. The molecule has 0 bridgehead atoms. The zero-order valence-corrected chi connectivity index (χ0v) is 11.7. The maximum absolute atomic E-state index is 11.7. The average molecular weight is 277 g/mol. The second-order valence-electron chi connectivity index (χ2n) is 5.59. The Hall–Kier alpha value is -1.00. The number of carboxylic acids is 1. The normalized spacial score (nSPS) is 24.9. The van der Waals surface area contributed by atoms with Gasteiger partial charge in [-0.3, -0.25) is 4.79 Å². The molecule has 1 aromatic rings. The summed E-state index contributed by atoms with van der Waals surface area (Å²) in [5.41, 5.74) is 0.833. The lowest BCUT2D eigenvalue weighted by atomic mass is 9.71. The number of aliphatic carboxylic acids is 1. The van der Waals surface area contributed by atoms with Crippen molar-refractivity contribution in [2.45, 2.75) is 30.1 Å². The topological polar surface area (TPSA) is 49.3 Å². The van der Waals surface area contributed by atoms with Crippen LogP contribution in [-0.4, -0.2) is 29.9 Å². The summed E-state index contributed by atoms with van der Waals surface area (Å²) in [5, 5.41) is 12.9. The van der Waals surface area contributed by atoms with Crippen molar-refractivity contribution in [2.75, 3.05) is 18.8 Å². The third-order valence-corrected chi connectivity index (χ3v) is 5.70. The van der Waals surface area contributed by atoms with Gasteiger partial charge >= 0.3 is 5.97 Å². The van der Waals surface area contributed by atoms with Crippen LogP contribution in [0.15, 0.2) is 29.2 Å². The molecule has 0 amide bonds. The number of fused-ring (bicyclic) bond motifs is 1. The molecule has 2 aliphatic heterocycles. The summed E-state index contributed by atoms with van der Waals surface area (Å²) in [6.07, 6.45) is 2.30. The number of piperidine rings is 1. The van der Waals surface area contributed by atoms with Gasteiger partial charge in [-0.25, -0.2) is 0 Å². The van der Waals surface area contributed by atoms with Gasteiger partial charge in [0.2, 0.25) is 0 Å². The molecule has 102 valence electrons. The van der Waals surface area contributed by atoms with Crippen molar-refractivity contribution in [3.63, 3.8) is 0 Å². The molecule has 1 aromatic carbocycles. The van der Waals surface area contributed by atoms with E-state index in [0.29, 0.717) is 5.92 Å². The molecule has 0 aromatic heterocycles. The Morgan fingerprint density at radius 1 is 1.37 bits per heavy atom. The third kappa shape index (κ3) is 2.39. The monoisotopic (exact) mass is 277 g/mol. The number of hydrogen-bond acceptors (Lipinski definition) is 3. The Bertz CT molecular complexity index is 483. The highest BCUT2D eigenvalue weighted by atomic mass is 32.2. The minimum atomic E-state index is -0.608. The molecule has 3 rings (SSSR count). The number of rotatable bonds is 3. The molecule has 0 radical (unpaired) electrons. The Labute approximate surface area is 117 Å². The summed E-state index contributed by atoms with van der Waals surface area (Å²) in [7, 11) is 0. The Morgan fingerprint density at radius 3 is 2.84 bits per heavy atom. The van der Waals surface area contributed by atoms with E-state index >= 15 is 0 Å². The van der Waals surface area contributed by atoms with Crippen molar-refractivity contribution in [3.8, 4) is 0 Å². The van der Waals surface area contributed by atoms with E-state index in [4.69, 9.17) is 0 Å². The summed E-state index contributed by atoms with van der Waals surface area (Å²) in [6, 6.07) is 8.44. The van der Waals surface area contributed by atoms with E-state index in [1.165, 1.54) is 10.5 Å². The van der Waals surface area contributed by atoms with Crippen LogP contribution in [0.2, 0.25) is 0 Å². The van der Waals surface area contributed by atoms with Gasteiger partial charge in [-0.2, -0.15) is 0 Å². The van der Waals surface area contributed by atoms with E-state index in [0.717, 1.165) is 38.1 Å². The Kier molecular flexibility index (Phi) is 3.54. The fourth-order valence-corrected chi connectivity index (χ4v) is 4.53. The molecule has 1 saturated heterocycles. The van der Waals surface area contributed by atoms with Gasteiger partial charge in [0.15, 0.2) is 0 Å². The third-order valence-electron chi connectivity index (χ3n) is 4.45. The van der Waals surface area contributed by atoms with Gasteiger partial charge < -0.3 is 10.4 Å². The van der Waals surface area contributed by atoms with Crippen LogP contribution in [0.4, 0.5) is 0 Å². The smallest absolute Gasteiger partial charge is 0.309 e. The molecule has 4 heteroatoms. The average Bonchev–Trinajstić information content (AvgIpc) is 2.83. The van der Waals surface area contributed by atoms with Crippen molar-refractivity contribution >= 4 is 17.7 Å². The van der Waals surface area contributed by atoms with Gasteiger partial charge in [0.05, 0.1) is 5.41 Å². The molecule has 0 saturated carbocycles. The highest BCUT2D eigenvalue weighted by Gasteiger charge is 2.42. The minimum Gasteiger partial charge on any atom is -0.481 e. The second kappa shape index (κ2) is 5.17. The van der Waals surface area contributed by atoms with Crippen LogP contribution >= 0.6 is 11.8 Å². The number of thioether (sulfide) groups is 1. The zero-order chi connectivity index (χ0) is 13.3. The number of benzene rings is 1. The maximum Gasteiger partial charge on any atom is 0.309 e. The number of nitrogens with one attached hydrogen (secondary N) is 1. The van der Waals surface area contributed by atoms with E-state index in [1.54, 1.807) is 0 Å². The molecule has 1 atom stereocenters. The quantitative estimate of drug-likeness (QED) is 0.892. The summed E-state index contributed by atoms with van der Waals surface area (Å²) < 4.78 is 0. The standard InChI is InChI=1S/C15H19NO2S/c17-14(18)15(5-7-16-8-6-15)9-11-10-19-13-4-2-1-3-12(11)13/h1-4,11,16H,5-10H2,(H,17,18). The fraction of sp³-hybridized carbons (Fsp3) is 0.533. The van der Waals surface area contributed by atoms with E-state index < -0.39 is 11.4 Å². The first kappa shape index (κ1) is 13.0. The van der Waals surface area contributed by atoms with E-state index in [9.17, 15) is 9.90 Å². The van der Waals surface area contributed by atoms with Crippen molar-refractivity contribution in [1.29, 1.82) is 0 Å². The maximum atomic E-state index is 11.7. The lowest BCUT2D eigenvalue weighted by Gasteiger charge is -2.35. The molecule has 2 heterocycles. The van der Waals surface area contributed by atoms with E-state index in [-0.39, 0.29) is 0 Å². The molecule has 2 N–H and O–H groups in total. The van der Waals surface area contributed by atoms with E-state index in [2.05, 4.69) is 29.6 Å². The van der Waals surface area contributed by atoms with Crippen LogP contribution in [0, 0.1) is 5.41 Å².